The number of ether oxygens (including phenoxy) is 2. The lowest BCUT2D eigenvalue weighted by atomic mass is 10.1. The molecule has 1 aliphatic heterocycles. The van der Waals surface area contributed by atoms with E-state index in [1.54, 1.807) is 13.2 Å². The summed E-state index contributed by atoms with van der Waals surface area (Å²) in [4.78, 5) is 25.7. The third-order valence-corrected chi connectivity index (χ3v) is 7.18. The van der Waals surface area contributed by atoms with Crippen molar-refractivity contribution < 1.29 is 14.3 Å². The highest BCUT2D eigenvalue weighted by Crippen LogP contribution is 2.35. The molecule has 208 valence electrons. The zero-order chi connectivity index (χ0) is 28.1. The van der Waals surface area contributed by atoms with Gasteiger partial charge in [0, 0.05) is 37.8 Å². The molecule has 0 spiro atoms. The van der Waals surface area contributed by atoms with Crippen molar-refractivity contribution in [3.8, 4) is 22.8 Å². The minimum absolute atomic E-state index is 0.00877. The molecule has 0 bridgehead atoms. The van der Waals surface area contributed by atoms with Crippen molar-refractivity contribution in [1.82, 2.24) is 29.5 Å². The molecule has 1 atom stereocenters. The molecule has 10 heteroatoms. The molecule has 1 aliphatic rings. The Morgan fingerprint density at radius 2 is 2.02 bits per heavy atom. The largest absolute Gasteiger partial charge is 0.496 e. The van der Waals surface area contributed by atoms with Crippen LogP contribution in [0.25, 0.3) is 22.3 Å². The average Bonchev–Trinajstić information content (AvgIpc) is 3.60. The highest BCUT2D eigenvalue weighted by molar-refractivity contribution is 5.98. The van der Waals surface area contributed by atoms with E-state index in [1.165, 1.54) is 6.33 Å². The van der Waals surface area contributed by atoms with E-state index < -0.39 is 0 Å². The maximum absolute atomic E-state index is 13.0. The van der Waals surface area contributed by atoms with Crippen molar-refractivity contribution in [3.05, 3.63) is 72.6 Å². The third-order valence-electron chi connectivity index (χ3n) is 7.18. The van der Waals surface area contributed by atoms with Crippen LogP contribution in [0.3, 0.4) is 0 Å². The molecule has 1 fully saturated rings. The van der Waals surface area contributed by atoms with Gasteiger partial charge in [-0.05, 0) is 44.2 Å². The molecular formula is C30H35N7O3. The first-order valence-corrected chi connectivity index (χ1v) is 13.4. The van der Waals surface area contributed by atoms with Crippen LogP contribution in [0, 0.1) is 6.92 Å². The first kappa shape index (κ1) is 27.1. The lowest BCUT2D eigenvalue weighted by Crippen LogP contribution is -2.28. The van der Waals surface area contributed by atoms with Gasteiger partial charge < -0.3 is 20.1 Å². The molecule has 2 aromatic heterocycles. The number of para-hydroxylation sites is 1. The minimum atomic E-state index is -0.0203. The summed E-state index contributed by atoms with van der Waals surface area (Å²) >= 11 is 0. The van der Waals surface area contributed by atoms with Gasteiger partial charge in [0.05, 0.1) is 18.5 Å². The molecule has 3 heterocycles. The summed E-state index contributed by atoms with van der Waals surface area (Å²) in [5.74, 6) is 1.99. The van der Waals surface area contributed by atoms with Crippen molar-refractivity contribution >= 4 is 22.8 Å². The highest BCUT2D eigenvalue weighted by atomic mass is 16.5. The monoisotopic (exact) mass is 541 g/mol. The van der Waals surface area contributed by atoms with E-state index in [0.717, 1.165) is 35.6 Å². The number of nitrogen functional groups attached to an aromatic ring is 1. The number of nitrogens with two attached hydrogens (primary N) is 1. The number of nitrogens with zero attached hydrogens (tertiary/aromatic N) is 6. The number of carbonyl (C=O) groups excluding carboxylic acids is 1. The maximum Gasteiger partial charge on any atom is 0.246 e. The summed E-state index contributed by atoms with van der Waals surface area (Å²) in [6.45, 7) is 5.18. The fraction of sp³-hybridized carbons (Fsp3) is 0.333. The molecule has 1 amide bonds. The Labute approximate surface area is 234 Å². The van der Waals surface area contributed by atoms with Gasteiger partial charge in [-0.15, -0.1) is 0 Å². The Morgan fingerprint density at radius 3 is 2.83 bits per heavy atom. The van der Waals surface area contributed by atoms with Gasteiger partial charge in [0.25, 0.3) is 0 Å². The molecule has 40 heavy (non-hydrogen) atoms. The zero-order valence-electron chi connectivity index (χ0n) is 23.2. The van der Waals surface area contributed by atoms with E-state index in [4.69, 9.17) is 20.3 Å². The summed E-state index contributed by atoms with van der Waals surface area (Å²) in [5, 5.41) is 5.65. The lowest BCUT2D eigenvalue weighted by molar-refractivity contribution is -0.125. The van der Waals surface area contributed by atoms with Crippen LogP contribution in [0.15, 0.2) is 67.0 Å². The summed E-state index contributed by atoms with van der Waals surface area (Å²) in [6.07, 6.45) is 5.78. The van der Waals surface area contributed by atoms with E-state index >= 15 is 0 Å². The van der Waals surface area contributed by atoms with Gasteiger partial charge in [0.2, 0.25) is 5.91 Å². The van der Waals surface area contributed by atoms with Crippen LogP contribution in [-0.2, 0) is 4.79 Å². The van der Waals surface area contributed by atoms with E-state index in [9.17, 15) is 4.79 Å². The van der Waals surface area contributed by atoms with Crippen molar-refractivity contribution in [3.63, 3.8) is 0 Å². The SMILES string of the molecule is COc1cc(-c2nn([C@@H]3CCN(C(=O)/C=C/CN(C)CCOc4ccccc4)C3)c3ncnc(N)c23)ccc1C. The molecule has 0 aliphatic carbocycles. The molecular weight excluding hydrogens is 506 g/mol. The normalized spacial score (nSPS) is 15.4. The number of hydrogen-bond donors (Lipinski definition) is 1. The number of likely N-dealkylation sites (N-methyl/N-ethyl adjacent to an activating group) is 1. The number of anilines is 1. The summed E-state index contributed by atoms with van der Waals surface area (Å²) < 4.78 is 13.2. The Morgan fingerprint density at radius 1 is 1.20 bits per heavy atom. The number of aryl methyl sites for hydroxylation is 1. The van der Waals surface area contributed by atoms with Crippen molar-refractivity contribution in [2.45, 2.75) is 19.4 Å². The van der Waals surface area contributed by atoms with Crippen LogP contribution in [0.1, 0.15) is 18.0 Å². The Hall–Kier alpha value is -4.44. The van der Waals surface area contributed by atoms with E-state index in [-0.39, 0.29) is 11.9 Å². The van der Waals surface area contributed by atoms with Crippen LogP contribution in [-0.4, -0.2) is 82.4 Å². The van der Waals surface area contributed by atoms with E-state index in [0.29, 0.717) is 48.8 Å². The second-order valence-corrected chi connectivity index (χ2v) is 9.99. The molecule has 2 N–H and O–H groups in total. The quantitative estimate of drug-likeness (QED) is 0.302. The third kappa shape index (κ3) is 5.91. The summed E-state index contributed by atoms with van der Waals surface area (Å²) in [7, 11) is 3.66. The van der Waals surface area contributed by atoms with Gasteiger partial charge in [-0.1, -0.05) is 36.4 Å². The number of benzene rings is 2. The van der Waals surface area contributed by atoms with Crippen molar-refractivity contribution in [2.75, 3.05) is 52.7 Å². The predicted molar refractivity (Wildman–Crippen MR) is 155 cm³/mol. The van der Waals surface area contributed by atoms with Crippen LogP contribution in [0.4, 0.5) is 5.82 Å². The van der Waals surface area contributed by atoms with Crippen molar-refractivity contribution in [1.29, 1.82) is 0 Å². The second kappa shape index (κ2) is 12.2. The smallest absolute Gasteiger partial charge is 0.246 e. The average molecular weight is 542 g/mol. The van der Waals surface area contributed by atoms with Gasteiger partial charge in [0.1, 0.15) is 35.9 Å². The maximum atomic E-state index is 13.0. The first-order valence-electron chi connectivity index (χ1n) is 13.4. The van der Waals surface area contributed by atoms with E-state index in [1.807, 2.05) is 78.2 Å². The Bertz CT molecular complexity index is 1500. The van der Waals surface area contributed by atoms with Crippen molar-refractivity contribution in [2.24, 2.45) is 0 Å². The first-order chi connectivity index (χ1) is 19.4. The fourth-order valence-corrected chi connectivity index (χ4v) is 4.93. The van der Waals surface area contributed by atoms with Crippen LogP contribution in [0.5, 0.6) is 11.5 Å². The van der Waals surface area contributed by atoms with Crippen LogP contribution >= 0.6 is 0 Å². The van der Waals surface area contributed by atoms with Gasteiger partial charge >= 0.3 is 0 Å². The number of fused-ring (bicyclic) bond motifs is 1. The molecule has 0 saturated carbocycles. The number of methoxy groups -OCH3 is 1. The molecule has 5 rings (SSSR count). The number of likely N-dealkylation sites (tertiary alicyclic amines) is 1. The topological polar surface area (TPSA) is 112 Å². The minimum Gasteiger partial charge on any atom is -0.496 e. The number of carbonyl (C=O) groups is 1. The lowest BCUT2D eigenvalue weighted by Gasteiger charge is -2.16. The summed E-state index contributed by atoms with van der Waals surface area (Å²) in [6, 6.07) is 15.7. The zero-order valence-corrected chi connectivity index (χ0v) is 23.2. The van der Waals surface area contributed by atoms with Gasteiger partial charge in [0.15, 0.2) is 5.65 Å². The van der Waals surface area contributed by atoms with Gasteiger partial charge in [-0.25, -0.2) is 14.6 Å². The molecule has 10 nitrogen and oxygen atoms in total. The summed E-state index contributed by atoms with van der Waals surface area (Å²) in [5.41, 5.74) is 9.57. The highest BCUT2D eigenvalue weighted by Gasteiger charge is 2.30. The molecule has 0 unspecified atom stereocenters. The molecule has 0 radical (unpaired) electrons. The molecule has 4 aromatic rings. The number of hydrogen-bond acceptors (Lipinski definition) is 8. The number of amides is 1. The molecule has 1 saturated heterocycles. The standard InChI is InChI=1S/C30H35N7O3/c1-21-11-12-22(18-25(21)39-3)28-27-29(31)32-20-33-30(27)37(34-28)23-13-15-36(19-23)26(38)10-7-14-35(2)16-17-40-24-8-5-4-6-9-24/h4-12,18,20,23H,13-17,19H2,1-3H3,(H2,31,32,33)/b10-7+/t23-/m1/s1. The second-order valence-electron chi connectivity index (χ2n) is 9.99. The van der Waals surface area contributed by atoms with Gasteiger partial charge in [-0.3, -0.25) is 9.69 Å². The fourth-order valence-electron chi connectivity index (χ4n) is 4.93. The predicted octanol–water partition coefficient (Wildman–Crippen LogP) is 3.73. The Balaban J connectivity index is 1.23. The molecule has 2 aromatic carbocycles. The van der Waals surface area contributed by atoms with Gasteiger partial charge in [-0.2, -0.15) is 5.10 Å². The Kier molecular flexibility index (Phi) is 8.26. The van der Waals surface area contributed by atoms with E-state index in [2.05, 4.69) is 14.9 Å². The number of aromatic nitrogens is 4. The van der Waals surface area contributed by atoms with Crippen LogP contribution < -0.4 is 15.2 Å². The van der Waals surface area contributed by atoms with Crippen LogP contribution in [0.2, 0.25) is 0 Å². The number of rotatable bonds is 10.